The summed E-state index contributed by atoms with van der Waals surface area (Å²) in [5.74, 6) is -0.257. The summed E-state index contributed by atoms with van der Waals surface area (Å²) >= 11 is 6.10. The average Bonchev–Trinajstić information content (AvgIpc) is 2.67. The van der Waals surface area contributed by atoms with Crippen molar-refractivity contribution in [3.63, 3.8) is 0 Å². The van der Waals surface area contributed by atoms with Gasteiger partial charge in [-0.2, -0.15) is 0 Å². The molecule has 0 atom stereocenters. The van der Waals surface area contributed by atoms with Gasteiger partial charge in [0.25, 0.3) is 0 Å². The summed E-state index contributed by atoms with van der Waals surface area (Å²) in [7, 11) is 1.85. The van der Waals surface area contributed by atoms with Crippen molar-refractivity contribution in [3.05, 3.63) is 70.3 Å². The van der Waals surface area contributed by atoms with Crippen molar-refractivity contribution in [2.45, 2.75) is 27.2 Å². The number of nitrogens with one attached hydrogen (secondary N) is 1. The molecule has 0 heterocycles. The van der Waals surface area contributed by atoms with Crippen LogP contribution in [0.15, 0.2) is 69.7 Å². The third-order valence-electron chi connectivity index (χ3n) is 3.83. The van der Waals surface area contributed by atoms with Gasteiger partial charge in [0.1, 0.15) is 0 Å². The summed E-state index contributed by atoms with van der Waals surface area (Å²) in [6, 6.07) is 7.27. The molecule has 27 heavy (non-hydrogen) atoms. The van der Waals surface area contributed by atoms with Crippen LogP contribution in [-0.2, 0) is 11.2 Å². The van der Waals surface area contributed by atoms with E-state index in [-0.39, 0.29) is 12.3 Å². The Hall–Kier alpha value is -2.66. The smallest absolute Gasteiger partial charge is 0.250 e. The molecule has 0 aromatic heterocycles. The number of hydrogen-bond donors (Lipinski definition) is 1. The van der Waals surface area contributed by atoms with Crippen LogP contribution in [0.1, 0.15) is 26.3 Å². The quantitative estimate of drug-likeness (QED) is 0.506. The van der Waals surface area contributed by atoms with Crippen molar-refractivity contribution in [2.75, 3.05) is 13.6 Å². The van der Waals surface area contributed by atoms with Gasteiger partial charge in [-0.15, -0.1) is 0 Å². The molecule has 0 aliphatic rings. The summed E-state index contributed by atoms with van der Waals surface area (Å²) in [4.78, 5) is 22.1. The Bertz CT molecular complexity index is 778. The Kier molecular flexibility index (Phi) is 9.83. The molecular weight excluding hydrogens is 360 g/mol. The highest BCUT2D eigenvalue weighted by atomic mass is 35.5. The highest BCUT2D eigenvalue weighted by molar-refractivity contribution is 6.31. The molecule has 5 nitrogen and oxygen atoms in total. The predicted molar refractivity (Wildman–Crippen MR) is 115 cm³/mol. The minimum absolute atomic E-state index is 0.165. The van der Waals surface area contributed by atoms with Gasteiger partial charge in [0.05, 0.1) is 23.5 Å². The number of carbonyl (C=O) groups excluding carboxylic acids is 1. The molecule has 1 rings (SSSR count). The molecule has 6 heteroatoms. The number of amides is 1. The molecule has 0 spiro atoms. The average molecular weight is 387 g/mol. The third kappa shape index (κ3) is 7.23. The molecule has 1 aromatic carbocycles. The molecule has 1 aromatic rings. The van der Waals surface area contributed by atoms with E-state index in [0.717, 1.165) is 29.2 Å². The number of likely N-dealkylation sites (N-methyl/N-ethyl adjacent to an activating group) is 2. The van der Waals surface area contributed by atoms with E-state index in [4.69, 9.17) is 11.6 Å². The zero-order valence-electron chi connectivity index (χ0n) is 16.4. The number of rotatable bonds is 9. The molecule has 1 amide bonds. The summed E-state index contributed by atoms with van der Waals surface area (Å²) < 4.78 is 0. The number of aliphatic imine (C=N–C) groups is 2. The molecule has 144 valence electrons. The SMILES string of the molecule is C=N/C(C)=C\N(CC)C(=C/C=N\C(=O)Cc1ccccc1Cl)/C(=C\C)NC. The molecule has 0 bridgehead atoms. The lowest BCUT2D eigenvalue weighted by Crippen LogP contribution is -2.23. The number of carbonyl (C=O) groups is 1. The molecule has 0 fully saturated rings. The van der Waals surface area contributed by atoms with Crippen LogP contribution >= 0.6 is 11.6 Å². The van der Waals surface area contributed by atoms with E-state index in [1.54, 1.807) is 12.1 Å². The monoisotopic (exact) mass is 386 g/mol. The molecule has 0 saturated heterocycles. The third-order valence-corrected chi connectivity index (χ3v) is 4.20. The second kappa shape index (κ2) is 11.9. The number of benzene rings is 1. The van der Waals surface area contributed by atoms with Crippen LogP contribution in [0.5, 0.6) is 0 Å². The van der Waals surface area contributed by atoms with Crippen LogP contribution < -0.4 is 5.32 Å². The van der Waals surface area contributed by atoms with Crippen molar-refractivity contribution >= 4 is 30.4 Å². The van der Waals surface area contributed by atoms with Gasteiger partial charge < -0.3 is 10.2 Å². The van der Waals surface area contributed by atoms with Crippen LogP contribution in [0.2, 0.25) is 5.02 Å². The van der Waals surface area contributed by atoms with Crippen molar-refractivity contribution < 1.29 is 4.79 Å². The predicted octanol–water partition coefficient (Wildman–Crippen LogP) is 4.37. The minimum atomic E-state index is -0.257. The lowest BCUT2D eigenvalue weighted by molar-refractivity contribution is -0.117. The van der Waals surface area contributed by atoms with Gasteiger partial charge in [-0.1, -0.05) is 35.9 Å². The topological polar surface area (TPSA) is 57.1 Å². The molecule has 0 aliphatic heterocycles. The molecular formula is C21H27ClN4O. The first-order chi connectivity index (χ1) is 13.0. The lowest BCUT2D eigenvalue weighted by atomic mass is 10.1. The van der Waals surface area contributed by atoms with Gasteiger partial charge >= 0.3 is 0 Å². The van der Waals surface area contributed by atoms with Crippen LogP contribution in [0.25, 0.3) is 0 Å². The zero-order chi connectivity index (χ0) is 20.2. The Balaban J connectivity index is 3.06. The summed E-state index contributed by atoms with van der Waals surface area (Å²) in [6.07, 6.45) is 7.34. The summed E-state index contributed by atoms with van der Waals surface area (Å²) in [5.41, 5.74) is 3.34. The van der Waals surface area contributed by atoms with E-state index in [1.807, 2.05) is 63.2 Å². The zero-order valence-corrected chi connectivity index (χ0v) is 17.1. The van der Waals surface area contributed by atoms with Crippen LogP contribution in [0.4, 0.5) is 0 Å². The van der Waals surface area contributed by atoms with Crippen LogP contribution in [-0.4, -0.2) is 37.3 Å². The summed E-state index contributed by atoms with van der Waals surface area (Å²) in [6.45, 7) is 10.1. The van der Waals surface area contributed by atoms with Gasteiger partial charge in [-0.05, 0) is 45.2 Å². The minimum Gasteiger partial charge on any atom is -0.387 e. The highest BCUT2D eigenvalue weighted by Crippen LogP contribution is 2.16. The van der Waals surface area contributed by atoms with Crippen molar-refractivity contribution in [3.8, 4) is 0 Å². The summed E-state index contributed by atoms with van der Waals surface area (Å²) in [5, 5.41) is 3.72. The number of nitrogens with zero attached hydrogens (tertiary/aromatic N) is 3. The van der Waals surface area contributed by atoms with Crippen LogP contribution in [0, 0.1) is 0 Å². The van der Waals surface area contributed by atoms with E-state index in [2.05, 4.69) is 22.0 Å². The second-order valence-corrected chi connectivity index (χ2v) is 6.07. The van der Waals surface area contributed by atoms with E-state index in [9.17, 15) is 4.79 Å². The first-order valence-corrected chi connectivity index (χ1v) is 9.11. The maximum atomic E-state index is 12.2. The molecule has 0 saturated carbocycles. The Morgan fingerprint density at radius 2 is 2.07 bits per heavy atom. The fraction of sp³-hybridized carbons (Fsp3) is 0.286. The van der Waals surface area contributed by atoms with Gasteiger partial charge in [-0.3, -0.25) is 9.79 Å². The molecule has 1 N–H and O–H groups in total. The Morgan fingerprint density at radius 1 is 1.37 bits per heavy atom. The first-order valence-electron chi connectivity index (χ1n) is 8.73. The number of halogens is 1. The maximum absolute atomic E-state index is 12.2. The first kappa shape index (κ1) is 22.4. The second-order valence-electron chi connectivity index (χ2n) is 5.66. The van der Waals surface area contributed by atoms with Gasteiger partial charge in [0.2, 0.25) is 5.91 Å². The van der Waals surface area contributed by atoms with Gasteiger partial charge in [0.15, 0.2) is 0 Å². The molecule has 0 radical (unpaired) electrons. The number of allylic oxidation sites excluding steroid dienone is 3. The molecule has 0 unspecified atom stereocenters. The van der Waals surface area contributed by atoms with Gasteiger partial charge in [-0.25, -0.2) is 4.99 Å². The van der Waals surface area contributed by atoms with Gasteiger partial charge in [0, 0.05) is 31.0 Å². The molecule has 0 aliphatic carbocycles. The lowest BCUT2D eigenvalue weighted by Gasteiger charge is -2.24. The van der Waals surface area contributed by atoms with Crippen molar-refractivity contribution in [1.29, 1.82) is 0 Å². The highest BCUT2D eigenvalue weighted by Gasteiger charge is 2.10. The van der Waals surface area contributed by atoms with Crippen LogP contribution in [0.3, 0.4) is 0 Å². The Labute approximate surface area is 166 Å². The maximum Gasteiger partial charge on any atom is 0.250 e. The van der Waals surface area contributed by atoms with E-state index in [1.165, 1.54) is 6.21 Å². The van der Waals surface area contributed by atoms with E-state index < -0.39 is 0 Å². The Morgan fingerprint density at radius 3 is 2.63 bits per heavy atom. The van der Waals surface area contributed by atoms with E-state index in [0.29, 0.717) is 5.02 Å². The largest absolute Gasteiger partial charge is 0.387 e. The van der Waals surface area contributed by atoms with Crippen molar-refractivity contribution in [1.82, 2.24) is 10.2 Å². The normalized spacial score (nSPS) is 13.0. The fourth-order valence-electron chi connectivity index (χ4n) is 2.40. The standard InChI is InChI=1S/C21H27ClN4O/c1-6-19(24-5)20(26(7-2)15-16(3)23-4)12-13-25-21(27)14-17-10-8-9-11-18(17)22/h6,8-13,15,24H,4,7,14H2,1-3,5H3/b16-15-,19-6+,20-12+,25-13-. The van der Waals surface area contributed by atoms with E-state index >= 15 is 0 Å². The number of hydrogen-bond acceptors (Lipinski definition) is 4. The van der Waals surface area contributed by atoms with Crippen molar-refractivity contribution in [2.24, 2.45) is 9.98 Å². The fourth-order valence-corrected chi connectivity index (χ4v) is 2.60.